The molecule has 1 aliphatic heterocycles. The van der Waals surface area contributed by atoms with E-state index in [4.69, 9.17) is 10.1 Å². The molecular weight excluding hydrogens is 461 g/mol. The number of aromatic amines is 1. The summed E-state index contributed by atoms with van der Waals surface area (Å²) in [7, 11) is 2.12. The topological polar surface area (TPSA) is 96.8 Å². The summed E-state index contributed by atoms with van der Waals surface area (Å²) in [6, 6.07) is 4.63. The number of piperidine rings is 1. The van der Waals surface area contributed by atoms with Crippen LogP contribution in [0.2, 0.25) is 0 Å². The highest BCUT2D eigenvalue weighted by Crippen LogP contribution is 2.40. The van der Waals surface area contributed by atoms with Gasteiger partial charge in [0, 0.05) is 12.1 Å². The van der Waals surface area contributed by atoms with Crippen LogP contribution in [-0.2, 0) is 6.54 Å². The predicted octanol–water partition coefficient (Wildman–Crippen LogP) is 4.36. The van der Waals surface area contributed by atoms with Gasteiger partial charge in [-0.2, -0.15) is 5.10 Å². The largest absolute Gasteiger partial charge is 0.573 e. The first kappa shape index (κ1) is 22.1. The maximum atomic E-state index is 12.8. The molecule has 0 amide bonds. The van der Waals surface area contributed by atoms with Gasteiger partial charge in [-0.05, 0) is 58.0 Å². The summed E-state index contributed by atoms with van der Waals surface area (Å²) in [6.07, 6.45) is 1.28. The number of hydrogen-bond acceptors (Lipinski definition) is 7. The monoisotopic (exact) mass is 486 g/mol. The standard InChI is InChI=1S/C23H25F3N8O/c1-33-9-7-14(8-10-33)34-22-20(27-11-16(30-22)13-5-6-13)21(32-34)28-12-18-29-15-3-2-4-17(19(15)31-18)35-23(24,25)26/h2-4,11,13-14H,5-10,12H2,1H3,(H,28,32)(H,29,31). The van der Waals surface area contributed by atoms with Gasteiger partial charge >= 0.3 is 6.36 Å². The Hall–Kier alpha value is -3.41. The Balaban J connectivity index is 1.29. The second kappa shape index (κ2) is 8.36. The molecule has 1 saturated heterocycles. The van der Waals surface area contributed by atoms with Crippen molar-refractivity contribution in [2.24, 2.45) is 0 Å². The molecule has 9 nitrogen and oxygen atoms in total. The normalized spacial score (nSPS) is 17.9. The van der Waals surface area contributed by atoms with Gasteiger partial charge in [-0.1, -0.05) is 6.07 Å². The Morgan fingerprint density at radius 1 is 1.11 bits per heavy atom. The summed E-state index contributed by atoms with van der Waals surface area (Å²) in [5.41, 5.74) is 3.05. The van der Waals surface area contributed by atoms with Crippen LogP contribution < -0.4 is 10.1 Å². The lowest BCUT2D eigenvalue weighted by Crippen LogP contribution is -2.32. The van der Waals surface area contributed by atoms with Gasteiger partial charge in [0.1, 0.15) is 11.3 Å². The summed E-state index contributed by atoms with van der Waals surface area (Å²) < 4.78 is 44.4. The van der Waals surface area contributed by atoms with Gasteiger partial charge in [0.05, 0.1) is 23.8 Å². The maximum Gasteiger partial charge on any atom is 0.573 e. The highest BCUT2D eigenvalue weighted by atomic mass is 19.4. The van der Waals surface area contributed by atoms with Crippen molar-refractivity contribution in [2.75, 3.05) is 25.5 Å². The molecule has 12 heteroatoms. The number of aromatic nitrogens is 6. The molecule has 0 unspecified atom stereocenters. The Bertz CT molecular complexity index is 1370. The SMILES string of the molecule is CN1CCC(n2nc(NCc3nc4c(OC(F)(F)F)cccc4[nH]3)c3ncc(C4CC4)nc32)CC1. The highest BCUT2D eigenvalue weighted by molar-refractivity contribution is 5.84. The zero-order valence-electron chi connectivity index (χ0n) is 19.1. The Kier molecular flexibility index (Phi) is 5.28. The molecule has 2 aliphatic rings. The minimum atomic E-state index is -4.79. The second-order valence-electron chi connectivity index (χ2n) is 9.31. The van der Waals surface area contributed by atoms with Crippen molar-refractivity contribution >= 4 is 28.0 Å². The molecule has 1 aliphatic carbocycles. The molecular formula is C23H25F3N8O. The summed E-state index contributed by atoms with van der Waals surface area (Å²) in [6.45, 7) is 2.21. The van der Waals surface area contributed by atoms with Crippen molar-refractivity contribution < 1.29 is 17.9 Å². The molecule has 1 saturated carbocycles. The lowest BCUT2D eigenvalue weighted by Gasteiger charge is -2.29. The summed E-state index contributed by atoms with van der Waals surface area (Å²) in [4.78, 5) is 19.3. The molecule has 0 radical (unpaired) electrons. The van der Waals surface area contributed by atoms with Crippen LogP contribution in [0.5, 0.6) is 5.75 Å². The van der Waals surface area contributed by atoms with Gasteiger partial charge in [0.25, 0.3) is 0 Å². The van der Waals surface area contributed by atoms with E-state index < -0.39 is 6.36 Å². The number of H-pyrrole nitrogens is 1. The number of benzene rings is 1. The van der Waals surface area contributed by atoms with Gasteiger partial charge in [0.15, 0.2) is 22.7 Å². The second-order valence-corrected chi connectivity index (χ2v) is 9.31. The fraction of sp³-hybridized carbons (Fsp3) is 0.478. The van der Waals surface area contributed by atoms with E-state index in [1.807, 2.05) is 10.9 Å². The number of rotatable bonds is 6. The van der Waals surface area contributed by atoms with Crippen molar-refractivity contribution in [3.8, 4) is 5.75 Å². The number of anilines is 1. The predicted molar refractivity (Wildman–Crippen MR) is 123 cm³/mol. The minimum Gasteiger partial charge on any atom is -0.403 e. The molecule has 0 spiro atoms. The first-order chi connectivity index (χ1) is 16.8. The number of ether oxygens (including phenoxy) is 1. The third kappa shape index (κ3) is 4.49. The number of alkyl halides is 3. The number of hydrogen-bond donors (Lipinski definition) is 2. The minimum absolute atomic E-state index is 0.122. The van der Waals surface area contributed by atoms with Gasteiger partial charge < -0.3 is 19.9 Å². The van der Waals surface area contributed by atoms with Crippen LogP contribution in [0.15, 0.2) is 24.4 Å². The Morgan fingerprint density at radius 3 is 2.66 bits per heavy atom. The highest BCUT2D eigenvalue weighted by Gasteiger charge is 2.32. The van der Waals surface area contributed by atoms with Crippen molar-refractivity contribution in [3.05, 3.63) is 35.9 Å². The first-order valence-corrected chi connectivity index (χ1v) is 11.7. The van der Waals surface area contributed by atoms with E-state index in [2.05, 4.69) is 37.0 Å². The van der Waals surface area contributed by atoms with Crippen LogP contribution in [0, 0.1) is 0 Å². The molecule has 0 bridgehead atoms. The quantitative estimate of drug-likeness (QED) is 0.418. The molecule has 2 fully saturated rings. The molecule has 184 valence electrons. The molecule has 4 heterocycles. The average Bonchev–Trinajstić information content (AvgIpc) is 3.48. The molecule has 4 aromatic rings. The van der Waals surface area contributed by atoms with Crippen molar-refractivity contribution in [3.63, 3.8) is 0 Å². The third-order valence-electron chi connectivity index (χ3n) is 6.63. The number of likely N-dealkylation sites (tertiary alicyclic amines) is 1. The number of fused-ring (bicyclic) bond motifs is 2. The number of halogens is 3. The summed E-state index contributed by atoms with van der Waals surface area (Å²) >= 11 is 0. The fourth-order valence-electron chi connectivity index (χ4n) is 4.63. The number of para-hydroxylation sites is 1. The van der Waals surface area contributed by atoms with E-state index in [0.29, 0.717) is 28.6 Å². The smallest absolute Gasteiger partial charge is 0.403 e. The van der Waals surface area contributed by atoms with Crippen LogP contribution in [0.4, 0.5) is 19.0 Å². The van der Waals surface area contributed by atoms with E-state index in [9.17, 15) is 13.2 Å². The van der Waals surface area contributed by atoms with E-state index in [-0.39, 0.29) is 23.9 Å². The average molecular weight is 487 g/mol. The van der Waals surface area contributed by atoms with Crippen LogP contribution in [-0.4, -0.2) is 61.1 Å². The Morgan fingerprint density at radius 2 is 1.91 bits per heavy atom. The third-order valence-corrected chi connectivity index (χ3v) is 6.63. The van der Waals surface area contributed by atoms with Gasteiger partial charge in [0.2, 0.25) is 0 Å². The van der Waals surface area contributed by atoms with Crippen LogP contribution in [0.1, 0.15) is 49.2 Å². The molecule has 6 rings (SSSR count). The molecule has 0 atom stereocenters. The van der Waals surface area contributed by atoms with Crippen molar-refractivity contribution in [1.82, 2.24) is 34.6 Å². The summed E-state index contributed by atoms with van der Waals surface area (Å²) in [5, 5.41) is 8.10. The van der Waals surface area contributed by atoms with E-state index >= 15 is 0 Å². The van der Waals surface area contributed by atoms with E-state index in [0.717, 1.165) is 50.1 Å². The van der Waals surface area contributed by atoms with Crippen LogP contribution in [0.25, 0.3) is 22.2 Å². The maximum absolute atomic E-state index is 12.8. The molecule has 2 N–H and O–H groups in total. The van der Waals surface area contributed by atoms with E-state index in [1.165, 1.54) is 12.1 Å². The van der Waals surface area contributed by atoms with Crippen molar-refractivity contribution in [2.45, 2.75) is 50.6 Å². The first-order valence-electron chi connectivity index (χ1n) is 11.7. The van der Waals surface area contributed by atoms with Gasteiger partial charge in [-0.15, -0.1) is 13.2 Å². The van der Waals surface area contributed by atoms with Gasteiger partial charge in [-0.3, -0.25) is 0 Å². The molecule has 3 aromatic heterocycles. The van der Waals surface area contributed by atoms with Gasteiger partial charge in [-0.25, -0.2) is 19.6 Å². The number of imidazole rings is 1. The molecule has 1 aromatic carbocycles. The zero-order valence-corrected chi connectivity index (χ0v) is 19.1. The number of nitrogens with zero attached hydrogens (tertiary/aromatic N) is 6. The zero-order chi connectivity index (χ0) is 24.2. The Labute approximate surface area is 198 Å². The fourth-order valence-corrected chi connectivity index (χ4v) is 4.63. The lowest BCUT2D eigenvalue weighted by atomic mass is 10.1. The van der Waals surface area contributed by atoms with E-state index in [1.54, 1.807) is 6.07 Å². The number of nitrogens with one attached hydrogen (secondary N) is 2. The summed E-state index contributed by atoms with van der Waals surface area (Å²) in [5.74, 6) is 1.18. The van der Waals surface area contributed by atoms with Crippen LogP contribution in [0.3, 0.4) is 0 Å². The lowest BCUT2D eigenvalue weighted by molar-refractivity contribution is -0.274. The molecule has 35 heavy (non-hydrogen) atoms. The van der Waals surface area contributed by atoms with Crippen LogP contribution >= 0.6 is 0 Å². The van der Waals surface area contributed by atoms with Crippen molar-refractivity contribution in [1.29, 1.82) is 0 Å².